The molecule has 114 valence electrons. The molecule has 4 heteroatoms. The van der Waals surface area contributed by atoms with Crippen molar-refractivity contribution in [3.8, 4) is 11.5 Å². The minimum atomic E-state index is -0.0742. The summed E-state index contributed by atoms with van der Waals surface area (Å²) in [5, 5.41) is 3.02. The molecule has 22 heavy (non-hydrogen) atoms. The van der Waals surface area contributed by atoms with E-state index < -0.39 is 0 Å². The first kappa shape index (κ1) is 15.6. The molecule has 0 aliphatic heterocycles. The fourth-order valence-electron chi connectivity index (χ4n) is 2.14. The Morgan fingerprint density at radius 3 is 2.55 bits per heavy atom. The van der Waals surface area contributed by atoms with Crippen molar-refractivity contribution in [3.63, 3.8) is 0 Å². The second kappa shape index (κ2) is 7.31. The molecule has 0 saturated carbocycles. The zero-order chi connectivity index (χ0) is 15.9. The van der Waals surface area contributed by atoms with E-state index in [4.69, 9.17) is 9.47 Å². The molecule has 2 rings (SSSR count). The second-order valence-electron chi connectivity index (χ2n) is 4.60. The van der Waals surface area contributed by atoms with Crippen LogP contribution in [-0.2, 0) is 0 Å². The van der Waals surface area contributed by atoms with E-state index in [0.717, 1.165) is 11.3 Å². The van der Waals surface area contributed by atoms with Crippen LogP contribution < -0.4 is 14.8 Å². The third-order valence-corrected chi connectivity index (χ3v) is 3.31. The topological polar surface area (TPSA) is 47.6 Å². The van der Waals surface area contributed by atoms with Gasteiger partial charge < -0.3 is 14.8 Å². The predicted molar refractivity (Wildman–Crippen MR) is 88.9 cm³/mol. The van der Waals surface area contributed by atoms with Gasteiger partial charge in [0.25, 0.3) is 0 Å². The predicted octanol–water partition coefficient (Wildman–Crippen LogP) is 3.64. The van der Waals surface area contributed by atoms with Crippen LogP contribution in [0.15, 0.2) is 48.5 Å². The number of rotatable bonds is 6. The van der Waals surface area contributed by atoms with Gasteiger partial charge in [-0.1, -0.05) is 12.1 Å². The smallest absolute Gasteiger partial charge is 0.187 e. The lowest BCUT2D eigenvalue weighted by Gasteiger charge is -2.08. The van der Waals surface area contributed by atoms with Crippen molar-refractivity contribution < 1.29 is 14.3 Å². The van der Waals surface area contributed by atoms with Gasteiger partial charge in [-0.25, -0.2) is 0 Å². The standard InChI is InChI=1S/C18H19NO3/c1-19-16-7-5-4-6-15(16)17(20)10-8-13-12-14(21-2)9-11-18(13)22-3/h4-12,19H,1-3H3/b10-8+. The highest BCUT2D eigenvalue weighted by molar-refractivity contribution is 6.10. The first-order valence-corrected chi connectivity index (χ1v) is 6.90. The third-order valence-electron chi connectivity index (χ3n) is 3.31. The number of carbonyl (C=O) groups is 1. The van der Waals surface area contributed by atoms with E-state index in [0.29, 0.717) is 17.1 Å². The van der Waals surface area contributed by atoms with Crippen LogP contribution in [0.4, 0.5) is 5.69 Å². The Hall–Kier alpha value is -2.75. The average molecular weight is 297 g/mol. The molecule has 0 aromatic heterocycles. The Morgan fingerprint density at radius 1 is 1.09 bits per heavy atom. The number of ketones is 1. The molecular weight excluding hydrogens is 278 g/mol. The summed E-state index contributed by atoms with van der Waals surface area (Å²) >= 11 is 0. The average Bonchev–Trinajstić information content (AvgIpc) is 2.59. The van der Waals surface area contributed by atoms with Crippen LogP contribution in [0, 0.1) is 0 Å². The quantitative estimate of drug-likeness (QED) is 0.653. The maximum absolute atomic E-state index is 12.4. The molecule has 0 amide bonds. The molecule has 0 aliphatic rings. The molecule has 2 aromatic rings. The molecule has 0 saturated heterocycles. The Labute approximate surface area is 130 Å². The van der Waals surface area contributed by atoms with Gasteiger partial charge in [0.2, 0.25) is 0 Å². The summed E-state index contributed by atoms with van der Waals surface area (Å²) in [6.07, 6.45) is 3.27. The Bertz CT molecular complexity index is 692. The number of hydrogen-bond acceptors (Lipinski definition) is 4. The van der Waals surface area contributed by atoms with Gasteiger partial charge in [0.1, 0.15) is 11.5 Å². The summed E-state index contributed by atoms with van der Waals surface area (Å²) < 4.78 is 10.5. The van der Waals surface area contributed by atoms with E-state index in [-0.39, 0.29) is 5.78 Å². The number of hydrogen-bond donors (Lipinski definition) is 1. The highest BCUT2D eigenvalue weighted by Crippen LogP contribution is 2.25. The number of methoxy groups -OCH3 is 2. The van der Waals surface area contributed by atoms with Crippen LogP contribution >= 0.6 is 0 Å². The van der Waals surface area contributed by atoms with Crippen LogP contribution in [0.5, 0.6) is 11.5 Å². The van der Waals surface area contributed by atoms with Crippen LogP contribution in [0.3, 0.4) is 0 Å². The highest BCUT2D eigenvalue weighted by atomic mass is 16.5. The van der Waals surface area contributed by atoms with Crippen LogP contribution in [0.1, 0.15) is 15.9 Å². The van der Waals surface area contributed by atoms with Gasteiger partial charge in [0, 0.05) is 23.9 Å². The highest BCUT2D eigenvalue weighted by Gasteiger charge is 2.08. The number of nitrogens with one attached hydrogen (secondary N) is 1. The van der Waals surface area contributed by atoms with E-state index in [2.05, 4.69) is 5.32 Å². The summed E-state index contributed by atoms with van der Waals surface area (Å²) in [5.74, 6) is 1.32. The van der Waals surface area contributed by atoms with E-state index >= 15 is 0 Å². The number of para-hydroxylation sites is 1. The molecule has 0 unspecified atom stereocenters. The number of anilines is 1. The van der Waals surface area contributed by atoms with Gasteiger partial charge in [-0.15, -0.1) is 0 Å². The second-order valence-corrected chi connectivity index (χ2v) is 4.60. The summed E-state index contributed by atoms with van der Waals surface area (Å²) in [7, 11) is 4.99. The van der Waals surface area contributed by atoms with Crippen molar-refractivity contribution in [2.24, 2.45) is 0 Å². The summed E-state index contributed by atoms with van der Waals surface area (Å²) in [5.41, 5.74) is 2.22. The fraction of sp³-hybridized carbons (Fsp3) is 0.167. The lowest BCUT2D eigenvalue weighted by Crippen LogP contribution is -2.00. The monoisotopic (exact) mass is 297 g/mol. The first-order valence-electron chi connectivity index (χ1n) is 6.90. The van der Waals surface area contributed by atoms with E-state index in [1.807, 2.05) is 36.4 Å². The Balaban J connectivity index is 2.29. The molecular formula is C18H19NO3. The summed E-state index contributed by atoms with van der Waals surface area (Å²) in [6.45, 7) is 0. The summed E-state index contributed by atoms with van der Waals surface area (Å²) in [4.78, 5) is 12.4. The molecule has 0 aliphatic carbocycles. The van der Waals surface area contributed by atoms with Crippen molar-refractivity contribution in [2.75, 3.05) is 26.6 Å². The van der Waals surface area contributed by atoms with Crippen molar-refractivity contribution in [2.45, 2.75) is 0 Å². The molecule has 0 fully saturated rings. The van der Waals surface area contributed by atoms with Gasteiger partial charge in [-0.2, -0.15) is 0 Å². The van der Waals surface area contributed by atoms with Crippen molar-refractivity contribution in [1.82, 2.24) is 0 Å². The van der Waals surface area contributed by atoms with Crippen molar-refractivity contribution in [1.29, 1.82) is 0 Å². The molecule has 0 bridgehead atoms. The number of allylic oxidation sites excluding steroid dienone is 1. The Morgan fingerprint density at radius 2 is 1.86 bits per heavy atom. The molecule has 0 spiro atoms. The summed E-state index contributed by atoms with van der Waals surface area (Å²) in [6, 6.07) is 12.8. The minimum absolute atomic E-state index is 0.0742. The lowest BCUT2D eigenvalue weighted by atomic mass is 10.1. The van der Waals surface area contributed by atoms with E-state index in [1.54, 1.807) is 33.4 Å². The maximum atomic E-state index is 12.4. The first-order chi connectivity index (χ1) is 10.7. The van der Waals surface area contributed by atoms with Crippen LogP contribution in [0.2, 0.25) is 0 Å². The number of ether oxygens (including phenoxy) is 2. The zero-order valence-electron chi connectivity index (χ0n) is 12.9. The SMILES string of the molecule is CNc1ccccc1C(=O)/C=C/c1cc(OC)ccc1OC. The molecule has 0 radical (unpaired) electrons. The van der Waals surface area contributed by atoms with Crippen molar-refractivity contribution in [3.05, 3.63) is 59.7 Å². The van der Waals surface area contributed by atoms with Gasteiger partial charge in [-0.05, 0) is 42.5 Å². The van der Waals surface area contributed by atoms with Crippen LogP contribution in [-0.4, -0.2) is 27.1 Å². The molecule has 0 atom stereocenters. The molecule has 2 aromatic carbocycles. The number of carbonyl (C=O) groups excluding carboxylic acids is 1. The van der Waals surface area contributed by atoms with Crippen molar-refractivity contribution >= 4 is 17.5 Å². The van der Waals surface area contributed by atoms with Crippen LogP contribution in [0.25, 0.3) is 6.08 Å². The molecule has 4 nitrogen and oxygen atoms in total. The maximum Gasteiger partial charge on any atom is 0.187 e. The van der Waals surface area contributed by atoms with E-state index in [1.165, 1.54) is 6.08 Å². The third kappa shape index (κ3) is 3.47. The molecule has 0 heterocycles. The minimum Gasteiger partial charge on any atom is -0.497 e. The fourth-order valence-corrected chi connectivity index (χ4v) is 2.14. The van der Waals surface area contributed by atoms with Gasteiger partial charge >= 0.3 is 0 Å². The number of benzene rings is 2. The molecule has 1 N–H and O–H groups in total. The van der Waals surface area contributed by atoms with Gasteiger partial charge in [-0.3, -0.25) is 4.79 Å². The zero-order valence-corrected chi connectivity index (χ0v) is 12.9. The van der Waals surface area contributed by atoms with Gasteiger partial charge in [0.05, 0.1) is 14.2 Å². The van der Waals surface area contributed by atoms with E-state index in [9.17, 15) is 4.79 Å². The normalized spacial score (nSPS) is 10.5. The van der Waals surface area contributed by atoms with Gasteiger partial charge in [0.15, 0.2) is 5.78 Å². The largest absolute Gasteiger partial charge is 0.497 e. The lowest BCUT2D eigenvalue weighted by molar-refractivity contribution is 0.104. The Kier molecular flexibility index (Phi) is 5.20.